The first-order valence-corrected chi connectivity index (χ1v) is 7.21. The number of aromatic nitrogens is 2. The van der Waals surface area contributed by atoms with Gasteiger partial charge in [0.1, 0.15) is 17.5 Å². The van der Waals surface area contributed by atoms with Crippen molar-refractivity contribution >= 4 is 11.6 Å². The topological polar surface area (TPSA) is 84.1 Å². The average molecular weight is 262 g/mol. The van der Waals surface area contributed by atoms with Gasteiger partial charge in [-0.1, -0.05) is 6.42 Å². The Bertz CT molecular complexity index is 473. The molecule has 2 unspecified atom stereocenters. The second kappa shape index (κ2) is 4.96. The van der Waals surface area contributed by atoms with Crippen LogP contribution in [0.3, 0.4) is 0 Å². The van der Waals surface area contributed by atoms with Crippen LogP contribution in [0.2, 0.25) is 0 Å². The van der Waals surface area contributed by atoms with Crippen molar-refractivity contribution < 1.29 is 5.11 Å². The van der Waals surface area contributed by atoms with Crippen LogP contribution in [-0.4, -0.2) is 27.7 Å². The number of hydrogen-bond donors (Lipinski definition) is 3. The van der Waals surface area contributed by atoms with Gasteiger partial charge in [0.15, 0.2) is 0 Å². The summed E-state index contributed by atoms with van der Waals surface area (Å²) in [7, 11) is 0. The largest absolute Gasteiger partial charge is 0.393 e. The first kappa shape index (κ1) is 12.7. The van der Waals surface area contributed by atoms with Crippen molar-refractivity contribution in [3.05, 3.63) is 11.4 Å². The number of nitrogens with two attached hydrogens (primary N) is 1. The van der Waals surface area contributed by atoms with Gasteiger partial charge in [-0.05, 0) is 32.6 Å². The van der Waals surface area contributed by atoms with E-state index in [1.165, 1.54) is 12.8 Å². The van der Waals surface area contributed by atoms with Crippen LogP contribution in [0.15, 0.2) is 0 Å². The Kier molecular flexibility index (Phi) is 3.31. The third-order valence-electron chi connectivity index (χ3n) is 4.29. The minimum absolute atomic E-state index is 0.171. The number of nitrogens with zero attached hydrogens (tertiary/aromatic N) is 2. The van der Waals surface area contributed by atoms with Crippen molar-refractivity contribution in [1.82, 2.24) is 9.97 Å². The first-order chi connectivity index (χ1) is 9.15. The average Bonchev–Trinajstić information content (AvgIpc) is 3.15. The maximum absolute atomic E-state index is 9.85. The molecule has 104 valence electrons. The molecule has 2 atom stereocenters. The lowest BCUT2D eigenvalue weighted by atomic mass is 10.1. The highest BCUT2D eigenvalue weighted by Gasteiger charge is 2.28. The fourth-order valence-electron chi connectivity index (χ4n) is 2.73. The molecular formula is C14H22N4O. The van der Waals surface area contributed by atoms with Gasteiger partial charge in [-0.3, -0.25) is 0 Å². The normalized spacial score (nSPS) is 26.6. The van der Waals surface area contributed by atoms with Gasteiger partial charge >= 0.3 is 0 Å². The van der Waals surface area contributed by atoms with Crippen LogP contribution in [-0.2, 0) is 0 Å². The number of aliphatic hydroxyl groups is 1. The lowest BCUT2D eigenvalue weighted by molar-refractivity contribution is 0.138. The van der Waals surface area contributed by atoms with E-state index in [2.05, 4.69) is 15.3 Å². The van der Waals surface area contributed by atoms with Crippen LogP contribution in [0.4, 0.5) is 11.6 Å². The lowest BCUT2D eigenvalue weighted by Gasteiger charge is -2.17. The van der Waals surface area contributed by atoms with Crippen LogP contribution in [0.1, 0.15) is 49.4 Å². The van der Waals surface area contributed by atoms with Crippen molar-refractivity contribution in [2.75, 3.05) is 17.6 Å². The molecule has 5 nitrogen and oxygen atoms in total. The predicted octanol–water partition coefficient (Wildman–Crippen LogP) is 1.82. The SMILES string of the molecule is Cc1c(N)nc(C2CC2)nc1NCC1CCCC1O. The summed E-state index contributed by atoms with van der Waals surface area (Å²) in [6.45, 7) is 2.71. The molecule has 2 fully saturated rings. The number of anilines is 2. The Morgan fingerprint density at radius 3 is 2.68 bits per heavy atom. The molecule has 2 saturated carbocycles. The van der Waals surface area contributed by atoms with Gasteiger partial charge in [0, 0.05) is 23.9 Å². The zero-order valence-corrected chi connectivity index (χ0v) is 11.4. The number of hydrogen-bond acceptors (Lipinski definition) is 5. The van der Waals surface area contributed by atoms with Gasteiger partial charge in [0.05, 0.1) is 6.10 Å². The van der Waals surface area contributed by atoms with Gasteiger partial charge in [-0.15, -0.1) is 0 Å². The number of nitrogens with one attached hydrogen (secondary N) is 1. The Balaban J connectivity index is 1.72. The van der Waals surface area contributed by atoms with E-state index in [0.717, 1.165) is 43.0 Å². The smallest absolute Gasteiger partial charge is 0.136 e. The minimum atomic E-state index is -0.171. The standard InChI is InChI=1S/C14H22N4O/c1-8-12(15)17-14(9-5-6-9)18-13(8)16-7-10-3-2-4-11(10)19/h9-11,19H,2-7H2,1H3,(H3,15,16,17,18). The molecule has 0 saturated heterocycles. The summed E-state index contributed by atoms with van der Waals surface area (Å²) >= 11 is 0. The van der Waals surface area contributed by atoms with Crippen LogP contribution in [0.5, 0.6) is 0 Å². The molecule has 1 aromatic heterocycles. The summed E-state index contributed by atoms with van der Waals surface area (Å²) in [5.41, 5.74) is 6.87. The van der Waals surface area contributed by atoms with E-state index in [0.29, 0.717) is 17.7 Å². The lowest BCUT2D eigenvalue weighted by Crippen LogP contribution is -2.23. The molecule has 2 aliphatic rings. The van der Waals surface area contributed by atoms with Crippen LogP contribution < -0.4 is 11.1 Å². The molecule has 19 heavy (non-hydrogen) atoms. The molecule has 2 aliphatic carbocycles. The fraction of sp³-hybridized carbons (Fsp3) is 0.714. The van der Waals surface area contributed by atoms with Crippen LogP contribution in [0, 0.1) is 12.8 Å². The summed E-state index contributed by atoms with van der Waals surface area (Å²) < 4.78 is 0. The molecule has 1 aromatic rings. The molecule has 1 heterocycles. The van der Waals surface area contributed by atoms with Gasteiger partial charge in [-0.25, -0.2) is 9.97 Å². The van der Waals surface area contributed by atoms with E-state index in [9.17, 15) is 5.11 Å². The third kappa shape index (κ3) is 2.66. The summed E-state index contributed by atoms with van der Waals surface area (Å²) in [6, 6.07) is 0. The Hall–Kier alpha value is -1.36. The van der Waals surface area contributed by atoms with Crippen molar-refractivity contribution in [2.45, 2.75) is 51.0 Å². The monoisotopic (exact) mass is 262 g/mol. The van der Waals surface area contributed by atoms with Crippen molar-refractivity contribution in [1.29, 1.82) is 0 Å². The fourth-order valence-corrected chi connectivity index (χ4v) is 2.73. The highest BCUT2D eigenvalue weighted by molar-refractivity contribution is 5.55. The zero-order chi connectivity index (χ0) is 13.4. The van der Waals surface area contributed by atoms with E-state index in [-0.39, 0.29) is 6.10 Å². The predicted molar refractivity (Wildman–Crippen MR) is 75.0 cm³/mol. The molecule has 4 N–H and O–H groups in total. The van der Waals surface area contributed by atoms with Crippen LogP contribution >= 0.6 is 0 Å². The Morgan fingerprint density at radius 2 is 2.05 bits per heavy atom. The van der Waals surface area contributed by atoms with Crippen molar-refractivity contribution in [3.63, 3.8) is 0 Å². The molecule has 5 heteroatoms. The van der Waals surface area contributed by atoms with E-state index in [4.69, 9.17) is 5.73 Å². The third-order valence-corrected chi connectivity index (χ3v) is 4.29. The van der Waals surface area contributed by atoms with Crippen molar-refractivity contribution in [2.24, 2.45) is 5.92 Å². The molecule has 0 bridgehead atoms. The summed E-state index contributed by atoms with van der Waals surface area (Å²) in [5.74, 6) is 3.12. The highest BCUT2D eigenvalue weighted by Crippen LogP contribution is 2.39. The number of rotatable bonds is 4. The first-order valence-electron chi connectivity index (χ1n) is 7.21. The van der Waals surface area contributed by atoms with E-state index < -0.39 is 0 Å². The maximum atomic E-state index is 9.85. The number of nitrogen functional groups attached to an aromatic ring is 1. The quantitative estimate of drug-likeness (QED) is 0.770. The van der Waals surface area contributed by atoms with Crippen molar-refractivity contribution in [3.8, 4) is 0 Å². The Labute approximate surface area is 113 Å². The summed E-state index contributed by atoms with van der Waals surface area (Å²) in [5, 5.41) is 13.2. The molecule has 0 amide bonds. The van der Waals surface area contributed by atoms with Gasteiger partial charge in [-0.2, -0.15) is 0 Å². The molecular weight excluding hydrogens is 240 g/mol. The summed E-state index contributed by atoms with van der Waals surface area (Å²) in [4.78, 5) is 8.96. The van der Waals surface area contributed by atoms with E-state index >= 15 is 0 Å². The van der Waals surface area contributed by atoms with E-state index in [1.54, 1.807) is 0 Å². The Morgan fingerprint density at radius 1 is 1.26 bits per heavy atom. The molecule has 0 aliphatic heterocycles. The van der Waals surface area contributed by atoms with Gasteiger partial charge in [0.25, 0.3) is 0 Å². The molecule has 0 radical (unpaired) electrons. The second-order valence-electron chi connectivity index (χ2n) is 5.85. The molecule has 0 aromatic carbocycles. The molecule has 3 rings (SSSR count). The van der Waals surface area contributed by atoms with E-state index in [1.807, 2.05) is 6.92 Å². The minimum Gasteiger partial charge on any atom is -0.393 e. The highest BCUT2D eigenvalue weighted by atomic mass is 16.3. The second-order valence-corrected chi connectivity index (χ2v) is 5.85. The maximum Gasteiger partial charge on any atom is 0.136 e. The molecule has 0 spiro atoms. The summed E-state index contributed by atoms with van der Waals surface area (Å²) in [6.07, 6.45) is 5.29. The van der Waals surface area contributed by atoms with Gasteiger partial charge in [0.2, 0.25) is 0 Å². The zero-order valence-electron chi connectivity index (χ0n) is 11.4. The number of aliphatic hydroxyl groups excluding tert-OH is 1. The van der Waals surface area contributed by atoms with Crippen LogP contribution in [0.25, 0.3) is 0 Å². The van der Waals surface area contributed by atoms with Gasteiger partial charge < -0.3 is 16.2 Å².